The molecule has 12 heterocycles. The Kier molecular flexibility index (Phi) is 19.3. The van der Waals surface area contributed by atoms with E-state index in [9.17, 15) is 0 Å². The number of hydrogen-bond acceptors (Lipinski definition) is 9. The van der Waals surface area contributed by atoms with Gasteiger partial charge in [0, 0.05) is 129 Å². The molecule has 0 amide bonds. The number of thiophene rings is 3. The molecular weight excluding hydrogens is 1850 g/mol. The van der Waals surface area contributed by atoms with Gasteiger partial charge in [0.1, 0.15) is 0 Å². The van der Waals surface area contributed by atoms with Crippen molar-refractivity contribution in [2.45, 2.75) is 0 Å². The smallest absolute Gasteiger partial charge is 0.235 e. The molecule has 0 fully saturated rings. The van der Waals surface area contributed by atoms with Gasteiger partial charge in [-0.3, -0.25) is 13.7 Å². The lowest BCUT2D eigenvalue weighted by Crippen LogP contribution is -2.02. The summed E-state index contributed by atoms with van der Waals surface area (Å²) in [5.74, 6) is 3.00. The van der Waals surface area contributed by atoms with Crippen LogP contribution in [0.25, 0.3) is 283 Å². The SMILES string of the molecule is c1ccc(-c2ccc(-n3c4ccccc4c4cc(-c5nc(-n6c7ccccc7c7ccccc76)nc6c5sc5ccccc56)ccc43)cc2)cc1.c1ccc(-c2cccc(-n3c4ccccc4c4cc(-c5nc(-n6c7ccccc7c7ccccc76)nc6c5sc5ccccc56)ccc43)c2)cc1.c1ccc(-n2c3ccccc3c3cc(-c4nc(-n5c6ccccc6c6ccccc65)c5sc6ccccc6c5n4)ccc32)cc1. The summed E-state index contributed by atoms with van der Waals surface area (Å²) in [5, 5.41) is 17.9. The van der Waals surface area contributed by atoms with Gasteiger partial charge in [0.05, 0.1) is 108 Å². The van der Waals surface area contributed by atoms with Gasteiger partial charge in [-0.05, 0) is 174 Å². The Bertz CT molecular complexity index is 10800. The first-order valence-electron chi connectivity index (χ1n) is 49.5. The lowest BCUT2D eigenvalue weighted by molar-refractivity contribution is 1.02. The second-order valence-corrected chi connectivity index (χ2v) is 40.6. The van der Waals surface area contributed by atoms with Crippen LogP contribution in [0.1, 0.15) is 0 Å². The molecule has 0 atom stereocenters. The van der Waals surface area contributed by atoms with Crippen LogP contribution < -0.4 is 0 Å². The maximum atomic E-state index is 5.46. The van der Waals surface area contributed by atoms with Crippen LogP contribution in [0.4, 0.5) is 0 Å². The topological polar surface area (TPSA) is 107 Å². The molecule has 32 aromatic rings. The van der Waals surface area contributed by atoms with Gasteiger partial charge in [0.2, 0.25) is 11.9 Å². The van der Waals surface area contributed by atoms with E-state index in [1.807, 2.05) is 0 Å². The third kappa shape index (κ3) is 13.5. The molecule has 686 valence electrons. The van der Waals surface area contributed by atoms with Crippen LogP contribution in [-0.2, 0) is 0 Å². The molecule has 12 nitrogen and oxygen atoms in total. The Morgan fingerprint density at radius 3 is 0.816 bits per heavy atom. The van der Waals surface area contributed by atoms with Crippen molar-refractivity contribution in [2.75, 3.05) is 0 Å². The van der Waals surface area contributed by atoms with Crippen LogP contribution in [0.15, 0.2) is 485 Å². The van der Waals surface area contributed by atoms with E-state index in [2.05, 4.69) is 513 Å². The van der Waals surface area contributed by atoms with Crippen LogP contribution in [0.2, 0.25) is 0 Å². The molecule has 15 heteroatoms. The highest BCUT2D eigenvalue weighted by Crippen LogP contribution is 2.49. The number of nitrogens with zero attached hydrogens (tertiary/aromatic N) is 12. The minimum Gasteiger partial charge on any atom is -0.309 e. The molecule has 32 rings (SSSR count). The lowest BCUT2D eigenvalue weighted by Gasteiger charge is -2.12. The first kappa shape index (κ1) is 83.8. The van der Waals surface area contributed by atoms with E-state index in [0.29, 0.717) is 11.9 Å². The summed E-state index contributed by atoms with van der Waals surface area (Å²) in [4.78, 5) is 32.3. The molecule has 0 aliphatic rings. The first-order valence-corrected chi connectivity index (χ1v) is 51.9. The Hall–Kier alpha value is -18.9. The predicted molar refractivity (Wildman–Crippen MR) is 618 cm³/mol. The number of rotatable bonds is 11. The van der Waals surface area contributed by atoms with Gasteiger partial charge in [0.15, 0.2) is 11.6 Å². The number of fused-ring (bicyclic) bond motifs is 27. The summed E-state index contributed by atoms with van der Waals surface area (Å²) in [6.07, 6.45) is 0. The van der Waals surface area contributed by atoms with E-state index in [1.54, 1.807) is 34.0 Å². The normalized spacial score (nSPS) is 11.9. The molecular formula is C132H80N12S3. The summed E-state index contributed by atoms with van der Waals surface area (Å²) < 4.78 is 20.8. The number of para-hydroxylation sites is 10. The van der Waals surface area contributed by atoms with Crippen LogP contribution >= 0.6 is 34.0 Å². The van der Waals surface area contributed by atoms with Crippen molar-refractivity contribution in [2.24, 2.45) is 0 Å². The van der Waals surface area contributed by atoms with E-state index < -0.39 is 0 Å². The fourth-order valence-corrected chi connectivity index (χ4v) is 26.1. The summed E-state index contributed by atoms with van der Waals surface area (Å²) in [6, 6.07) is 173. The van der Waals surface area contributed by atoms with Gasteiger partial charge in [0.25, 0.3) is 0 Å². The third-order valence-corrected chi connectivity index (χ3v) is 32.7. The van der Waals surface area contributed by atoms with Gasteiger partial charge < -0.3 is 13.7 Å². The standard InChI is InChI=1S/2C46H28N4S.C40H24N4S/c1-2-13-29(14-3-1)30-15-12-16-32(27-30)49-38-21-8-6-19-35(38)37-28-31(25-26-41(37)49)43-45-44(36-20-7-11-24-42(36)51-45)48-46(47-43)50-39-22-9-4-17-33(39)34-18-5-10-23-40(34)50;1-2-12-29(13-3-1)30-22-25-32(26-23-30)49-38-18-8-6-16-35(38)37-28-31(24-27-41(37)49)43-45-44(36-17-7-11-21-42(36)51-45)48-46(47-43)50-39-19-9-4-14-33(39)34-15-5-10-20-40(34)50;1-2-12-26(13-3-1)43-32-18-8-6-16-29(32)31-24-25(22-23-35(31)43)39-41-37-30-17-7-11-21-36(30)45-38(37)40(42-39)44-33-19-9-4-14-27(33)28-15-5-10-20-34(28)44/h2*1-28H;1-24H. The van der Waals surface area contributed by atoms with Crippen molar-refractivity contribution in [1.82, 2.24) is 57.3 Å². The number of aromatic nitrogens is 12. The van der Waals surface area contributed by atoms with E-state index >= 15 is 0 Å². The zero-order valence-electron chi connectivity index (χ0n) is 78.8. The van der Waals surface area contributed by atoms with Crippen LogP contribution in [-0.4, -0.2) is 57.3 Å². The molecule has 0 saturated carbocycles. The molecule has 0 aliphatic heterocycles. The zero-order chi connectivity index (χ0) is 96.4. The van der Waals surface area contributed by atoms with Gasteiger partial charge in [-0.25, -0.2) is 29.9 Å². The minimum absolute atomic E-state index is 0.679. The maximum Gasteiger partial charge on any atom is 0.235 e. The van der Waals surface area contributed by atoms with Gasteiger partial charge in [-0.15, -0.1) is 34.0 Å². The highest BCUT2D eigenvalue weighted by atomic mass is 32.1. The molecule has 0 saturated heterocycles. The van der Waals surface area contributed by atoms with Crippen molar-refractivity contribution in [1.29, 1.82) is 0 Å². The van der Waals surface area contributed by atoms with Crippen LogP contribution in [0, 0.1) is 0 Å². The molecule has 147 heavy (non-hydrogen) atoms. The maximum absolute atomic E-state index is 5.46. The van der Waals surface area contributed by atoms with Crippen molar-refractivity contribution in [3.05, 3.63) is 485 Å². The highest BCUT2D eigenvalue weighted by Gasteiger charge is 2.28. The molecule has 12 aromatic heterocycles. The van der Waals surface area contributed by atoms with Crippen molar-refractivity contribution in [3.8, 4) is 90.9 Å². The lowest BCUT2D eigenvalue weighted by atomic mass is 10.0. The fraction of sp³-hybridized carbons (Fsp3) is 0. The molecule has 0 aliphatic carbocycles. The average molecular weight is 1930 g/mol. The highest BCUT2D eigenvalue weighted by molar-refractivity contribution is 7.27. The summed E-state index contributed by atoms with van der Waals surface area (Å²) >= 11 is 5.30. The second kappa shape index (κ2) is 33.9. The third-order valence-electron chi connectivity index (χ3n) is 29.3. The van der Waals surface area contributed by atoms with E-state index in [0.717, 1.165) is 153 Å². The van der Waals surface area contributed by atoms with E-state index in [-0.39, 0.29) is 0 Å². The second-order valence-electron chi connectivity index (χ2n) is 37.5. The summed E-state index contributed by atoms with van der Waals surface area (Å²) in [6.45, 7) is 0. The average Bonchev–Trinajstić information content (AvgIpc) is 1.48. The van der Waals surface area contributed by atoms with Gasteiger partial charge >= 0.3 is 0 Å². The first-order chi connectivity index (χ1) is 72.9. The summed E-state index contributed by atoms with van der Waals surface area (Å²) in [5.41, 5.74) is 29.9. The molecule has 0 unspecified atom stereocenters. The van der Waals surface area contributed by atoms with Crippen LogP contribution in [0.3, 0.4) is 0 Å². The zero-order valence-corrected chi connectivity index (χ0v) is 81.2. The van der Waals surface area contributed by atoms with Gasteiger partial charge in [-0.2, -0.15) is 0 Å². The summed E-state index contributed by atoms with van der Waals surface area (Å²) in [7, 11) is 0. The van der Waals surface area contributed by atoms with Crippen molar-refractivity contribution < 1.29 is 0 Å². The molecule has 20 aromatic carbocycles. The Balaban J connectivity index is 0.000000102. The Labute approximate surface area is 852 Å². The van der Waals surface area contributed by atoms with Crippen molar-refractivity contribution >= 4 is 226 Å². The Morgan fingerprint density at radius 1 is 0.150 bits per heavy atom. The quantitative estimate of drug-likeness (QED) is 0.128. The molecule has 0 bridgehead atoms. The predicted octanol–water partition coefficient (Wildman–Crippen LogP) is 35.5. The number of hydrogen-bond donors (Lipinski definition) is 0. The van der Waals surface area contributed by atoms with Gasteiger partial charge in [-0.1, -0.05) is 334 Å². The van der Waals surface area contributed by atoms with E-state index in [1.165, 1.54) is 118 Å². The monoisotopic (exact) mass is 1930 g/mol. The molecule has 0 radical (unpaired) electrons. The largest absolute Gasteiger partial charge is 0.309 e. The molecule has 0 spiro atoms. The van der Waals surface area contributed by atoms with E-state index in [4.69, 9.17) is 29.9 Å². The fourth-order valence-electron chi connectivity index (χ4n) is 22.7. The molecule has 0 N–H and O–H groups in total. The number of benzene rings is 20. The Morgan fingerprint density at radius 2 is 0.415 bits per heavy atom. The van der Waals surface area contributed by atoms with Crippen LogP contribution in [0.5, 0.6) is 0 Å². The minimum atomic E-state index is 0.679. The van der Waals surface area contributed by atoms with Crippen molar-refractivity contribution in [3.63, 3.8) is 0 Å².